The lowest BCUT2D eigenvalue weighted by molar-refractivity contribution is -0.400. The zero-order valence-electron chi connectivity index (χ0n) is 71.6. The molecule has 11 fully saturated rings. The molecule has 0 aromatic carbocycles. The zero-order chi connectivity index (χ0) is 98.5. The number of ether oxygens (including phenoxy) is 21. The van der Waals surface area contributed by atoms with Crippen molar-refractivity contribution < 1.29 is 277 Å². The minimum atomic E-state index is -2.66. The summed E-state index contributed by atoms with van der Waals surface area (Å²) in [6.07, 6.45) is -109. The molecule has 60 heteroatoms. The van der Waals surface area contributed by atoms with Gasteiger partial charge in [0.25, 0.3) is 0 Å². The van der Waals surface area contributed by atoms with Gasteiger partial charge >= 0.3 is 0 Å². The maximum absolute atomic E-state index is 13.2. The summed E-state index contributed by atoms with van der Waals surface area (Å²) >= 11 is 0. The Morgan fingerprint density at radius 3 is 0.716 bits per heavy atom. The van der Waals surface area contributed by atoms with Crippen LogP contribution >= 0.6 is 0 Å². The van der Waals surface area contributed by atoms with E-state index < -0.39 is 434 Å². The van der Waals surface area contributed by atoms with E-state index in [9.17, 15) is 177 Å². The Bertz CT molecular complexity index is 3650. The summed E-state index contributed by atoms with van der Waals surface area (Å²) in [6.45, 7) is -8.91. The Morgan fingerprint density at radius 1 is 0.194 bits per heavy atom. The van der Waals surface area contributed by atoms with Crippen LogP contribution in [0.2, 0.25) is 0 Å². The Hall–Kier alpha value is -4.20. The molecule has 11 heterocycles. The first-order valence-corrected chi connectivity index (χ1v) is 42.7. The number of aliphatic hydroxyl groups excluding tert-OH is 31. The van der Waals surface area contributed by atoms with Crippen molar-refractivity contribution in [2.45, 2.75) is 365 Å². The van der Waals surface area contributed by atoms with Crippen molar-refractivity contribution in [1.82, 2.24) is 21.3 Å². The second-order valence-electron chi connectivity index (χ2n) is 33.8. The molecule has 0 spiro atoms. The Balaban J connectivity index is 0.899. The van der Waals surface area contributed by atoms with E-state index in [4.69, 9.17) is 99.5 Å². The van der Waals surface area contributed by atoms with Crippen LogP contribution in [-0.2, 0) is 119 Å². The molecule has 11 rings (SSSR count). The van der Waals surface area contributed by atoms with Crippen LogP contribution in [0, 0.1) is 0 Å². The number of rotatable bonds is 35. The molecule has 776 valence electrons. The summed E-state index contributed by atoms with van der Waals surface area (Å²) in [7, 11) is 0. The lowest BCUT2D eigenvalue weighted by Crippen LogP contribution is -2.71. The fourth-order valence-corrected chi connectivity index (χ4v) is 17.4. The van der Waals surface area contributed by atoms with Crippen LogP contribution in [0.5, 0.6) is 0 Å². The fourth-order valence-electron chi connectivity index (χ4n) is 17.4. The molecule has 0 aliphatic carbocycles. The number of carbonyl (C=O) groups is 4. The van der Waals surface area contributed by atoms with E-state index >= 15 is 0 Å². The first-order valence-electron chi connectivity index (χ1n) is 42.7. The summed E-state index contributed by atoms with van der Waals surface area (Å²) in [5.41, 5.74) is 0. The molecular weight excluding hydrogens is 1840 g/mol. The molecule has 55 atom stereocenters. The van der Waals surface area contributed by atoms with Crippen molar-refractivity contribution in [2.24, 2.45) is 0 Å². The van der Waals surface area contributed by atoms with Crippen LogP contribution in [-0.4, -0.2) is 592 Å². The first kappa shape index (κ1) is 110. The van der Waals surface area contributed by atoms with Crippen molar-refractivity contribution >= 4 is 23.6 Å². The second kappa shape index (κ2) is 48.3. The smallest absolute Gasteiger partial charge is 0.217 e. The lowest BCUT2D eigenvalue weighted by atomic mass is 9.93. The van der Waals surface area contributed by atoms with Crippen LogP contribution in [0.25, 0.3) is 0 Å². The third-order valence-corrected chi connectivity index (χ3v) is 24.6. The Kier molecular flexibility index (Phi) is 39.7. The monoisotopic (exact) mass is 1960 g/mol. The van der Waals surface area contributed by atoms with Crippen molar-refractivity contribution in [3.63, 3.8) is 0 Å². The van der Waals surface area contributed by atoms with E-state index in [-0.39, 0.29) is 0 Å². The molecule has 60 nitrogen and oxygen atoms in total. The number of nitrogens with one attached hydrogen (secondary N) is 4. The molecule has 0 aromatic heterocycles. The van der Waals surface area contributed by atoms with E-state index in [1.165, 1.54) is 0 Å². The molecule has 11 saturated heterocycles. The third-order valence-electron chi connectivity index (χ3n) is 24.6. The maximum Gasteiger partial charge on any atom is 0.217 e. The predicted octanol–water partition coefficient (Wildman–Crippen LogP) is -24.4. The molecule has 0 radical (unpaired) electrons. The van der Waals surface area contributed by atoms with Crippen molar-refractivity contribution in [3.8, 4) is 0 Å². The zero-order valence-corrected chi connectivity index (χ0v) is 71.6. The first-order chi connectivity index (χ1) is 63.5. The molecular formula is C74H124N4O56. The summed E-state index contributed by atoms with van der Waals surface area (Å²) in [6, 6.07) is -7.79. The largest absolute Gasteiger partial charge is 0.394 e. The Labute approximate surface area is 757 Å². The van der Waals surface area contributed by atoms with Gasteiger partial charge in [-0.1, -0.05) is 0 Å². The topological polar surface area (TPSA) is 937 Å². The van der Waals surface area contributed by atoms with Gasteiger partial charge < -0.3 is 279 Å². The van der Waals surface area contributed by atoms with Crippen molar-refractivity contribution in [1.29, 1.82) is 0 Å². The number of carbonyl (C=O) groups excluding carboxylic acids is 4. The minimum absolute atomic E-state index is 0.816. The van der Waals surface area contributed by atoms with Crippen molar-refractivity contribution in [3.05, 3.63) is 0 Å². The molecule has 4 amide bonds. The second-order valence-corrected chi connectivity index (χ2v) is 33.8. The number of amides is 4. The fraction of sp³-hybridized carbons (Fsp3) is 0.946. The molecule has 11 aliphatic heterocycles. The van der Waals surface area contributed by atoms with E-state index in [2.05, 4.69) is 21.3 Å². The van der Waals surface area contributed by atoms with Gasteiger partial charge in [0.2, 0.25) is 23.6 Å². The van der Waals surface area contributed by atoms with Crippen LogP contribution in [0.15, 0.2) is 0 Å². The number of hydrogen-bond donors (Lipinski definition) is 35. The van der Waals surface area contributed by atoms with Crippen LogP contribution in [0.1, 0.15) is 27.7 Å². The van der Waals surface area contributed by atoms with Gasteiger partial charge in [-0.25, -0.2) is 0 Å². The Morgan fingerprint density at radius 2 is 0.403 bits per heavy atom. The minimum Gasteiger partial charge on any atom is -0.394 e. The third kappa shape index (κ3) is 24.0. The van der Waals surface area contributed by atoms with Gasteiger partial charge in [-0.3, -0.25) is 19.2 Å². The van der Waals surface area contributed by atoms with Gasteiger partial charge in [0, 0.05) is 27.7 Å². The summed E-state index contributed by atoms with van der Waals surface area (Å²) in [5.74, 6) is -3.84. The highest BCUT2D eigenvalue weighted by Gasteiger charge is 2.63. The van der Waals surface area contributed by atoms with Crippen LogP contribution < -0.4 is 21.3 Å². The van der Waals surface area contributed by atoms with Crippen LogP contribution in [0.4, 0.5) is 0 Å². The molecule has 134 heavy (non-hydrogen) atoms. The predicted molar refractivity (Wildman–Crippen MR) is 409 cm³/mol. The number of hydrogen-bond acceptors (Lipinski definition) is 56. The van der Waals surface area contributed by atoms with E-state index in [1.807, 2.05) is 0 Å². The van der Waals surface area contributed by atoms with Crippen molar-refractivity contribution in [2.75, 3.05) is 72.7 Å². The highest BCUT2D eigenvalue weighted by atomic mass is 16.8. The SMILES string of the molecule is CC(=O)N[C@@H]1[C@@H](O)[C@H](O[C@@H]2O[C@H](CO)[C@@H](O[C@@H]3O[C@H](CO[C@H]4O[C@H](CO)[C@@H](O)[C@H](O)[C@@H]4O[C@@H]4O[C@H](CO)[C@@H](O[C@@H]5O[C@H](CO)[C@H](O)[C@H](O[C@H]6O[C@H](CO)[C@H](O)[C@H](O)[C@H]6O)[C@H]5O)[C@H](O)[C@H]4NC(C)=O)[C@@H](O)[C@H](O[C@H]4O[C@H](CO)[C@@H](O)[C@H](O)[C@@H]4O[C@@H]4O[C@H](CO)[C@@H](O[C@@H]5O[C@H](CO)[C@H](O)[C@H](O[C@H]6O[C@H](CO)[C@H](O)[C@H](O)[C@H]6O)[C@H]5O)[C@H](O)[C@H]4NC(C)=O)[C@@H]3O)[C@H](O)[C@H]2NC(C)=O)[C@@H](CO)O[C@H]1O. The highest BCUT2D eigenvalue weighted by Crippen LogP contribution is 2.42. The standard InChI is InChI=1S/C74H124N4O56/c1-16(89)75-31-42(100)55(26(11-85)115-64(31)113)126-65-32(76-17(2)90)43(101)58(27(12-86)122-65)129-72-54(112)61(132-74-63(49(107)38(96)23(8-82)121-74)134-67-34(78-19(4)92)45(103)57(29(14-88)124-67)128-71-53(111)60(40(98)25(10-84)119-71)131-69-51(109)47(105)36(94)21(6-80)117-69)41(99)30(125-72)15-114-73-62(48(106)37(95)22(7-81)120-73)133-66-33(77-18(3)91)44(102)56(28(13-87)123-66)127-70-52(110)59(39(97)24(9-83)118-70)130-68-50(108)46(104)35(93)20(5-79)116-68/h20-74,79-88,93-113H,5-15H2,1-4H3,(H,75,89)(H,76,90)(H,77,91)(H,78,92)/t20-,21-,22-,23-,24-,25-,26-,27-,28-,29-,30-,31-,32-,33-,34-,35+,36+,37-,38-,39+,40+,41-,42-,43-,44-,45-,46+,47+,48+,49+,50-,51-,52-,53-,54+,55-,56-,57-,58-,59+,60+,61+,62+,63+,64-,65+,66+,67+,68-,69-,70+,71+,72+,73+,74-/m1/s1. The van der Waals surface area contributed by atoms with E-state index in [0.717, 1.165) is 27.7 Å². The molecule has 11 aliphatic rings. The van der Waals surface area contributed by atoms with Gasteiger partial charge in [0.1, 0.15) is 268 Å². The van der Waals surface area contributed by atoms with E-state index in [1.54, 1.807) is 0 Å². The highest BCUT2D eigenvalue weighted by molar-refractivity contribution is 5.74. The van der Waals surface area contributed by atoms with Gasteiger partial charge in [0.05, 0.1) is 72.7 Å². The average Bonchev–Trinajstić information content (AvgIpc) is 0.779. The summed E-state index contributed by atoms with van der Waals surface area (Å²) in [5, 5.41) is 356. The maximum atomic E-state index is 13.2. The molecule has 0 saturated carbocycles. The molecule has 0 unspecified atom stereocenters. The summed E-state index contributed by atoms with van der Waals surface area (Å²) < 4.78 is 124. The quantitative estimate of drug-likeness (QED) is 0.0280. The van der Waals surface area contributed by atoms with Gasteiger partial charge in [-0.15, -0.1) is 0 Å². The normalized spacial score (nSPS) is 49.8. The average molecular weight is 1970 g/mol. The van der Waals surface area contributed by atoms with Gasteiger partial charge in [-0.05, 0) is 0 Å². The lowest BCUT2D eigenvalue weighted by Gasteiger charge is -2.51. The van der Waals surface area contributed by atoms with E-state index in [0.29, 0.717) is 0 Å². The molecule has 0 aromatic rings. The molecule has 35 N–H and O–H groups in total. The van der Waals surface area contributed by atoms with Gasteiger partial charge in [0.15, 0.2) is 69.2 Å². The number of aliphatic hydroxyl groups is 31. The van der Waals surface area contributed by atoms with Gasteiger partial charge in [-0.2, -0.15) is 0 Å². The molecule has 0 bridgehead atoms. The van der Waals surface area contributed by atoms with Crippen LogP contribution in [0.3, 0.4) is 0 Å². The summed E-state index contributed by atoms with van der Waals surface area (Å²) in [4.78, 5) is 51.7.